The molecule has 21 heavy (non-hydrogen) atoms. The van der Waals surface area contributed by atoms with Gasteiger partial charge in [-0.3, -0.25) is 4.79 Å². The van der Waals surface area contributed by atoms with Crippen LogP contribution in [0.1, 0.15) is 15.9 Å². The van der Waals surface area contributed by atoms with Crippen LogP contribution in [-0.4, -0.2) is 29.9 Å². The Balaban J connectivity index is 2.13. The first-order valence-corrected chi connectivity index (χ1v) is 6.68. The molecule has 0 bridgehead atoms. The maximum Gasteiger partial charge on any atom is 0.255 e. The van der Waals surface area contributed by atoms with Crippen molar-refractivity contribution < 1.29 is 9.53 Å². The number of nitrogens with zero attached hydrogens (tertiary/aromatic N) is 2. The average Bonchev–Trinajstić information content (AvgIpc) is 2.49. The summed E-state index contributed by atoms with van der Waals surface area (Å²) in [5, 5.41) is 0.274. The van der Waals surface area contributed by atoms with Gasteiger partial charge in [0.25, 0.3) is 5.91 Å². The Hall–Kier alpha value is -2.27. The SMILES string of the molecule is COc1cccc(CN(C)C(=O)c2cnc(N)c(Cl)c2)c1. The van der Waals surface area contributed by atoms with Crippen LogP contribution in [0.4, 0.5) is 5.82 Å². The second-order valence-electron chi connectivity index (χ2n) is 4.60. The molecule has 0 aliphatic heterocycles. The van der Waals surface area contributed by atoms with E-state index in [-0.39, 0.29) is 16.7 Å². The molecule has 0 atom stereocenters. The van der Waals surface area contributed by atoms with Crippen LogP contribution in [0, 0.1) is 0 Å². The number of amides is 1. The summed E-state index contributed by atoms with van der Waals surface area (Å²) in [4.78, 5) is 17.8. The van der Waals surface area contributed by atoms with Gasteiger partial charge in [0.2, 0.25) is 0 Å². The lowest BCUT2D eigenvalue weighted by molar-refractivity contribution is 0.0784. The highest BCUT2D eigenvalue weighted by molar-refractivity contribution is 6.33. The normalized spacial score (nSPS) is 10.2. The minimum atomic E-state index is -0.174. The Morgan fingerprint density at radius 3 is 2.86 bits per heavy atom. The summed E-state index contributed by atoms with van der Waals surface area (Å²) < 4.78 is 5.17. The molecule has 0 unspecified atom stereocenters. The van der Waals surface area contributed by atoms with Crippen LogP contribution in [-0.2, 0) is 6.54 Å². The molecule has 1 amide bonds. The van der Waals surface area contributed by atoms with E-state index in [0.717, 1.165) is 11.3 Å². The predicted octanol–water partition coefficient (Wildman–Crippen LogP) is 2.60. The number of halogens is 1. The van der Waals surface area contributed by atoms with Crippen molar-refractivity contribution in [2.75, 3.05) is 19.9 Å². The number of aromatic nitrogens is 1. The van der Waals surface area contributed by atoms with Crippen molar-refractivity contribution in [1.29, 1.82) is 0 Å². The molecule has 0 fully saturated rings. The number of nitrogens with two attached hydrogens (primary N) is 1. The number of rotatable bonds is 4. The fourth-order valence-corrected chi connectivity index (χ4v) is 2.07. The molecular formula is C15H16ClN3O2. The molecule has 0 radical (unpaired) electrons. The lowest BCUT2D eigenvalue weighted by Crippen LogP contribution is -2.26. The summed E-state index contributed by atoms with van der Waals surface area (Å²) in [7, 11) is 3.32. The molecule has 0 aliphatic carbocycles. The molecule has 0 saturated heterocycles. The van der Waals surface area contributed by atoms with Crippen LogP contribution < -0.4 is 10.5 Å². The third-order valence-corrected chi connectivity index (χ3v) is 3.32. The quantitative estimate of drug-likeness (QED) is 0.942. The van der Waals surface area contributed by atoms with E-state index in [0.29, 0.717) is 12.1 Å². The predicted molar refractivity (Wildman–Crippen MR) is 82.5 cm³/mol. The van der Waals surface area contributed by atoms with E-state index in [2.05, 4.69) is 4.98 Å². The van der Waals surface area contributed by atoms with Crippen molar-refractivity contribution in [3.63, 3.8) is 0 Å². The van der Waals surface area contributed by atoms with E-state index in [1.165, 1.54) is 12.3 Å². The van der Waals surface area contributed by atoms with Gasteiger partial charge in [-0.25, -0.2) is 4.98 Å². The van der Waals surface area contributed by atoms with E-state index >= 15 is 0 Å². The van der Waals surface area contributed by atoms with E-state index in [9.17, 15) is 4.79 Å². The van der Waals surface area contributed by atoms with Crippen LogP contribution in [0.5, 0.6) is 5.75 Å². The van der Waals surface area contributed by atoms with Crippen molar-refractivity contribution in [3.8, 4) is 5.75 Å². The number of carbonyl (C=O) groups is 1. The topological polar surface area (TPSA) is 68.5 Å². The second kappa shape index (κ2) is 6.45. The van der Waals surface area contributed by atoms with Gasteiger partial charge in [0, 0.05) is 19.8 Å². The number of ether oxygens (including phenoxy) is 1. The van der Waals surface area contributed by atoms with Gasteiger partial charge in [-0.05, 0) is 23.8 Å². The van der Waals surface area contributed by atoms with Gasteiger partial charge in [0.1, 0.15) is 11.6 Å². The molecule has 0 saturated carbocycles. The number of methoxy groups -OCH3 is 1. The Kier molecular flexibility index (Phi) is 4.65. The standard InChI is InChI=1S/C15H16ClN3O2/c1-19(9-10-4-3-5-12(6-10)21-2)15(20)11-7-13(16)14(17)18-8-11/h3-8H,9H2,1-2H3,(H2,17,18). The fraction of sp³-hybridized carbons (Fsp3) is 0.200. The highest BCUT2D eigenvalue weighted by atomic mass is 35.5. The summed E-state index contributed by atoms with van der Waals surface area (Å²) >= 11 is 5.89. The molecular weight excluding hydrogens is 290 g/mol. The number of hydrogen-bond acceptors (Lipinski definition) is 4. The summed E-state index contributed by atoms with van der Waals surface area (Å²) in [5.74, 6) is 0.793. The molecule has 2 N–H and O–H groups in total. The van der Waals surface area contributed by atoms with Gasteiger partial charge in [-0.15, -0.1) is 0 Å². The molecule has 1 aromatic heterocycles. The van der Waals surface area contributed by atoms with Crippen LogP contribution in [0.2, 0.25) is 5.02 Å². The third-order valence-electron chi connectivity index (χ3n) is 3.02. The van der Waals surface area contributed by atoms with Crippen LogP contribution in [0.15, 0.2) is 36.5 Å². The zero-order valence-electron chi connectivity index (χ0n) is 11.8. The fourth-order valence-electron chi connectivity index (χ4n) is 1.90. The summed E-state index contributed by atoms with van der Waals surface area (Å²) in [6.07, 6.45) is 1.42. The monoisotopic (exact) mass is 305 g/mol. The summed E-state index contributed by atoms with van der Waals surface area (Å²) in [6, 6.07) is 9.08. The first-order valence-electron chi connectivity index (χ1n) is 6.30. The van der Waals surface area contributed by atoms with Gasteiger partial charge in [0.05, 0.1) is 17.7 Å². The van der Waals surface area contributed by atoms with E-state index in [1.54, 1.807) is 19.1 Å². The highest BCUT2D eigenvalue weighted by Crippen LogP contribution is 2.19. The summed E-state index contributed by atoms with van der Waals surface area (Å²) in [6.45, 7) is 0.456. The maximum absolute atomic E-state index is 12.3. The van der Waals surface area contributed by atoms with Gasteiger partial charge < -0.3 is 15.4 Å². The van der Waals surface area contributed by atoms with Crippen molar-refractivity contribution >= 4 is 23.3 Å². The third kappa shape index (κ3) is 3.64. The van der Waals surface area contributed by atoms with Crippen molar-refractivity contribution in [1.82, 2.24) is 9.88 Å². The molecule has 0 spiro atoms. The van der Waals surface area contributed by atoms with Crippen molar-refractivity contribution in [2.24, 2.45) is 0 Å². The number of carbonyl (C=O) groups excluding carboxylic acids is 1. The van der Waals surface area contributed by atoms with E-state index in [4.69, 9.17) is 22.1 Å². The molecule has 6 heteroatoms. The number of benzene rings is 1. The second-order valence-corrected chi connectivity index (χ2v) is 5.01. The maximum atomic E-state index is 12.3. The first-order chi connectivity index (χ1) is 10.0. The van der Waals surface area contributed by atoms with E-state index < -0.39 is 0 Å². The smallest absolute Gasteiger partial charge is 0.255 e. The molecule has 1 aromatic carbocycles. The zero-order valence-corrected chi connectivity index (χ0v) is 12.6. The Bertz CT molecular complexity index is 661. The number of nitrogen functional groups attached to an aromatic ring is 1. The summed E-state index contributed by atoms with van der Waals surface area (Å²) in [5.41, 5.74) is 6.91. The minimum Gasteiger partial charge on any atom is -0.497 e. The molecule has 110 valence electrons. The van der Waals surface area contributed by atoms with Gasteiger partial charge in [0.15, 0.2) is 0 Å². The Morgan fingerprint density at radius 2 is 2.19 bits per heavy atom. The zero-order chi connectivity index (χ0) is 15.4. The van der Waals surface area contributed by atoms with Gasteiger partial charge in [-0.2, -0.15) is 0 Å². The first kappa shape index (κ1) is 15.1. The molecule has 5 nitrogen and oxygen atoms in total. The highest BCUT2D eigenvalue weighted by Gasteiger charge is 2.14. The molecule has 2 aromatic rings. The molecule has 0 aliphatic rings. The number of pyridine rings is 1. The van der Waals surface area contributed by atoms with Crippen molar-refractivity contribution in [3.05, 3.63) is 52.7 Å². The lowest BCUT2D eigenvalue weighted by atomic mass is 10.2. The van der Waals surface area contributed by atoms with Crippen LogP contribution in [0.25, 0.3) is 0 Å². The Morgan fingerprint density at radius 1 is 1.43 bits per heavy atom. The van der Waals surface area contributed by atoms with Gasteiger partial charge in [-0.1, -0.05) is 23.7 Å². The lowest BCUT2D eigenvalue weighted by Gasteiger charge is -2.17. The van der Waals surface area contributed by atoms with E-state index in [1.807, 2.05) is 24.3 Å². The van der Waals surface area contributed by atoms with Crippen LogP contribution in [0.3, 0.4) is 0 Å². The molecule has 2 rings (SSSR count). The average molecular weight is 306 g/mol. The van der Waals surface area contributed by atoms with Crippen LogP contribution >= 0.6 is 11.6 Å². The molecule has 1 heterocycles. The largest absolute Gasteiger partial charge is 0.497 e. The number of hydrogen-bond donors (Lipinski definition) is 1. The Labute approximate surface area is 128 Å². The van der Waals surface area contributed by atoms with Gasteiger partial charge >= 0.3 is 0 Å². The minimum absolute atomic E-state index is 0.174. The van der Waals surface area contributed by atoms with Crippen molar-refractivity contribution in [2.45, 2.75) is 6.54 Å². The number of anilines is 1.